The molecule has 0 bridgehead atoms. The monoisotopic (exact) mass is 283 g/mol. The van der Waals surface area contributed by atoms with Gasteiger partial charge in [-0.3, -0.25) is 0 Å². The smallest absolute Gasteiger partial charge is 0.0493 e. The van der Waals surface area contributed by atoms with Crippen LogP contribution in [0.2, 0.25) is 0 Å². The summed E-state index contributed by atoms with van der Waals surface area (Å²) in [5.74, 6) is 1.52. The van der Waals surface area contributed by atoms with E-state index >= 15 is 0 Å². The molecule has 0 amide bonds. The van der Waals surface area contributed by atoms with Crippen molar-refractivity contribution in [3.05, 3.63) is 0 Å². The van der Waals surface area contributed by atoms with Crippen molar-refractivity contribution in [1.82, 2.24) is 5.32 Å². The van der Waals surface area contributed by atoms with Crippen LogP contribution in [0.25, 0.3) is 0 Å². The molecule has 1 unspecified atom stereocenters. The van der Waals surface area contributed by atoms with Crippen molar-refractivity contribution in [1.29, 1.82) is 0 Å². The lowest BCUT2D eigenvalue weighted by Crippen LogP contribution is -2.46. The molecule has 1 fully saturated rings. The molecule has 2 nitrogen and oxygen atoms in total. The van der Waals surface area contributed by atoms with Gasteiger partial charge in [0.1, 0.15) is 0 Å². The molecular weight excluding hydrogens is 246 g/mol. The van der Waals surface area contributed by atoms with Gasteiger partial charge < -0.3 is 10.1 Å². The second-order valence-electron chi connectivity index (χ2n) is 8.39. The Morgan fingerprint density at radius 2 is 1.70 bits per heavy atom. The zero-order valence-corrected chi connectivity index (χ0v) is 14.9. The second-order valence-corrected chi connectivity index (χ2v) is 8.39. The molecule has 0 heterocycles. The van der Waals surface area contributed by atoms with Crippen LogP contribution in [-0.4, -0.2) is 26.3 Å². The Kier molecular flexibility index (Phi) is 6.53. The van der Waals surface area contributed by atoms with Crippen LogP contribution in [-0.2, 0) is 4.74 Å². The molecule has 1 N–H and O–H groups in total. The summed E-state index contributed by atoms with van der Waals surface area (Å²) in [6, 6.07) is 0.571. The highest BCUT2D eigenvalue weighted by Gasteiger charge is 2.41. The molecule has 0 saturated heterocycles. The zero-order valence-electron chi connectivity index (χ0n) is 14.9. The SMILES string of the molecule is COCC(C)C1(CNC(C)C)CCC(C(C)(C)C)CC1. The number of ether oxygens (including phenoxy) is 1. The van der Waals surface area contributed by atoms with Gasteiger partial charge in [0.05, 0.1) is 0 Å². The average Bonchev–Trinajstić information content (AvgIpc) is 2.36. The molecular formula is C18H37NO. The number of nitrogens with one attached hydrogen (secondary N) is 1. The van der Waals surface area contributed by atoms with Gasteiger partial charge in [0.2, 0.25) is 0 Å². The first-order valence-corrected chi connectivity index (χ1v) is 8.43. The summed E-state index contributed by atoms with van der Waals surface area (Å²) in [6.07, 6.45) is 5.44. The Labute approximate surface area is 127 Å². The number of methoxy groups -OCH3 is 1. The Morgan fingerprint density at radius 1 is 1.15 bits per heavy atom. The van der Waals surface area contributed by atoms with E-state index < -0.39 is 0 Å². The van der Waals surface area contributed by atoms with Crippen LogP contribution in [0, 0.1) is 22.7 Å². The van der Waals surface area contributed by atoms with Crippen LogP contribution >= 0.6 is 0 Å². The van der Waals surface area contributed by atoms with Crippen LogP contribution in [0.3, 0.4) is 0 Å². The van der Waals surface area contributed by atoms with Crippen LogP contribution < -0.4 is 5.32 Å². The van der Waals surface area contributed by atoms with Gasteiger partial charge in [-0.05, 0) is 48.3 Å². The van der Waals surface area contributed by atoms with Crippen molar-refractivity contribution < 1.29 is 4.74 Å². The van der Waals surface area contributed by atoms with E-state index in [4.69, 9.17) is 4.74 Å². The van der Waals surface area contributed by atoms with Gasteiger partial charge in [-0.2, -0.15) is 0 Å². The Morgan fingerprint density at radius 3 is 2.10 bits per heavy atom. The summed E-state index contributed by atoms with van der Waals surface area (Å²) < 4.78 is 5.46. The normalized spacial score (nSPS) is 29.7. The van der Waals surface area contributed by atoms with E-state index in [9.17, 15) is 0 Å². The molecule has 1 saturated carbocycles. The fourth-order valence-electron chi connectivity index (χ4n) is 3.74. The average molecular weight is 284 g/mol. The van der Waals surface area contributed by atoms with Crippen LogP contribution in [0.15, 0.2) is 0 Å². The quantitative estimate of drug-likeness (QED) is 0.775. The molecule has 1 aliphatic rings. The predicted octanol–water partition coefficient (Wildman–Crippen LogP) is 4.49. The van der Waals surface area contributed by atoms with E-state index in [0.29, 0.717) is 22.8 Å². The molecule has 1 atom stereocenters. The highest BCUT2D eigenvalue weighted by Crippen LogP contribution is 2.48. The van der Waals surface area contributed by atoms with Gasteiger partial charge >= 0.3 is 0 Å². The maximum absolute atomic E-state index is 5.46. The van der Waals surface area contributed by atoms with Crippen LogP contribution in [0.4, 0.5) is 0 Å². The third kappa shape index (κ3) is 4.73. The lowest BCUT2D eigenvalue weighted by Gasteiger charge is -2.47. The van der Waals surface area contributed by atoms with Crippen molar-refractivity contribution in [2.75, 3.05) is 20.3 Å². The number of rotatable bonds is 6. The van der Waals surface area contributed by atoms with E-state index in [0.717, 1.165) is 19.1 Å². The molecule has 20 heavy (non-hydrogen) atoms. The fourth-order valence-corrected chi connectivity index (χ4v) is 3.74. The Balaban J connectivity index is 2.71. The molecule has 120 valence electrons. The fraction of sp³-hybridized carbons (Fsp3) is 1.00. The lowest BCUT2D eigenvalue weighted by molar-refractivity contribution is 0.00844. The molecule has 2 heteroatoms. The lowest BCUT2D eigenvalue weighted by atomic mass is 9.60. The first-order valence-electron chi connectivity index (χ1n) is 8.43. The van der Waals surface area contributed by atoms with Crippen LogP contribution in [0.5, 0.6) is 0 Å². The molecule has 0 radical (unpaired) electrons. The standard InChI is InChI=1S/C18H37NO/c1-14(2)19-13-18(15(3)12-20-7)10-8-16(9-11-18)17(4,5)6/h14-16,19H,8-13H2,1-7H3. The van der Waals surface area contributed by atoms with Crippen molar-refractivity contribution in [2.45, 2.75) is 73.3 Å². The summed E-state index contributed by atoms with van der Waals surface area (Å²) in [5, 5.41) is 3.69. The molecule has 0 aromatic heterocycles. The van der Waals surface area contributed by atoms with Gasteiger partial charge in [-0.1, -0.05) is 41.5 Å². The van der Waals surface area contributed by atoms with Crippen molar-refractivity contribution >= 4 is 0 Å². The van der Waals surface area contributed by atoms with Crippen LogP contribution in [0.1, 0.15) is 67.2 Å². The predicted molar refractivity (Wildman–Crippen MR) is 88.0 cm³/mol. The summed E-state index contributed by atoms with van der Waals surface area (Å²) in [6.45, 7) is 16.1. The molecule has 1 rings (SSSR count). The molecule has 0 aromatic carbocycles. The highest BCUT2D eigenvalue weighted by atomic mass is 16.5. The minimum atomic E-state index is 0.433. The maximum atomic E-state index is 5.46. The Hall–Kier alpha value is -0.0800. The van der Waals surface area contributed by atoms with E-state index in [1.54, 1.807) is 0 Å². The first-order chi connectivity index (χ1) is 9.21. The molecule has 1 aliphatic carbocycles. The van der Waals surface area contributed by atoms with E-state index in [1.165, 1.54) is 25.7 Å². The van der Waals surface area contributed by atoms with Crippen molar-refractivity contribution in [2.24, 2.45) is 22.7 Å². The van der Waals surface area contributed by atoms with Gasteiger partial charge in [0, 0.05) is 26.3 Å². The summed E-state index contributed by atoms with van der Waals surface area (Å²) >= 11 is 0. The van der Waals surface area contributed by atoms with E-state index in [2.05, 4.69) is 46.9 Å². The Bertz CT molecular complexity index is 272. The molecule has 0 aliphatic heterocycles. The van der Waals surface area contributed by atoms with Crippen molar-refractivity contribution in [3.8, 4) is 0 Å². The van der Waals surface area contributed by atoms with Gasteiger partial charge in [-0.25, -0.2) is 0 Å². The van der Waals surface area contributed by atoms with Gasteiger partial charge in [-0.15, -0.1) is 0 Å². The number of hydrogen-bond acceptors (Lipinski definition) is 2. The number of hydrogen-bond donors (Lipinski definition) is 1. The molecule has 0 aromatic rings. The summed E-state index contributed by atoms with van der Waals surface area (Å²) in [5.41, 5.74) is 0.893. The van der Waals surface area contributed by atoms with Gasteiger partial charge in [0.15, 0.2) is 0 Å². The zero-order chi connectivity index (χ0) is 15.4. The van der Waals surface area contributed by atoms with E-state index in [-0.39, 0.29) is 0 Å². The van der Waals surface area contributed by atoms with Gasteiger partial charge in [0.25, 0.3) is 0 Å². The first kappa shape index (κ1) is 18.0. The largest absolute Gasteiger partial charge is 0.384 e. The minimum Gasteiger partial charge on any atom is -0.384 e. The minimum absolute atomic E-state index is 0.433. The summed E-state index contributed by atoms with van der Waals surface area (Å²) in [7, 11) is 1.83. The third-order valence-corrected chi connectivity index (χ3v) is 5.53. The van der Waals surface area contributed by atoms with Crippen molar-refractivity contribution in [3.63, 3.8) is 0 Å². The summed E-state index contributed by atoms with van der Waals surface area (Å²) in [4.78, 5) is 0. The second kappa shape index (κ2) is 7.26. The highest BCUT2D eigenvalue weighted by molar-refractivity contribution is 4.93. The van der Waals surface area contributed by atoms with E-state index in [1.807, 2.05) is 7.11 Å². The maximum Gasteiger partial charge on any atom is 0.0493 e. The third-order valence-electron chi connectivity index (χ3n) is 5.53. The topological polar surface area (TPSA) is 21.3 Å². The molecule has 0 spiro atoms.